The van der Waals surface area contributed by atoms with Gasteiger partial charge in [-0.2, -0.15) is 0 Å². The molecule has 0 unspecified atom stereocenters. The lowest BCUT2D eigenvalue weighted by Gasteiger charge is -2.32. The lowest BCUT2D eigenvalue weighted by atomic mass is 9.78. The van der Waals surface area contributed by atoms with Crippen LogP contribution in [0.4, 0.5) is 4.79 Å². The van der Waals surface area contributed by atoms with Crippen LogP contribution in [-0.2, 0) is 14.0 Å². The minimum absolute atomic E-state index is 0.218. The Labute approximate surface area is 125 Å². The minimum atomic E-state index is -0.367. The largest absolute Gasteiger partial charge is 0.494 e. The summed E-state index contributed by atoms with van der Waals surface area (Å²) in [5.74, 6) is 0. The third-order valence-corrected chi connectivity index (χ3v) is 4.51. The third-order valence-electron chi connectivity index (χ3n) is 4.51. The summed E-state index contributed by atoms with van der Waals surface area (Å²) in [7, 11) is -0.367. The van der Waals surface area contributed by atoms with Gasteiger partial charge in [-0.05, 0) is 38.7 Å². The summed E-state index contributed by atoms with van der Waals surface area (Å²) in [5, 5.41) is 2.65. The van der Waals surface area contributed by atoms with E-state index >= 15 is 0 Å². The molecule has 1 atom stereocenters. The van der Waals surface area contributed by atoms with E-state index in [1.54, 1.807) is 0 Å². The van der Waals surface area contributed by atoms with Gasteiger partial charge in [-0.1, -0.05) is 24.3 Å². The SMILES string of the molecule is CC1(C)OB(c2ccc([C@H]3CNC(=O)O3)cc2)OC1(C)C. The zero-order chi connectivity index (χ0) is 15.3. The molecule has 2 heterocycles. The fourth-order valence-corrected chi connectivity index (χ4v) is 2.42. The first kappa shape index (κ1) is 14.4. The average molecular weight is 289 g/mol. The topological polar surface area (TPSA) is 56.8 Å². The summed E-state index contributed by atoms with van der Waals surface area (Å²) in [5.41, 5.74) is 1.24. The highest BCUT2D eigenvalue weighted by atomic mass is 16.7. The molecule has 0 saturated carbocycles. The number of hydrogen-bond donors (Lipinski definition) is 1. The number of nitrogens with one attached hydrogen (secondary N) is 1. The van der Waals surface area contributed by atoms with E-state index in [-0.39, 0.29) is 30.5 Å². The van der Waals surface area contributed by atoms with Gasteiger partial charge in [0.15, 0.2) is 0 Å². The molecule has 1 aromatic rings. The normalized spacial score (nSPS) is 26.6. The zero-order valence-electron chi connectivity index (χ0n) is 12.8. The van der Waals surface area contributed by atoms with E-state index in [0.29, 0.717) is 6.54 Å². The van der Waals surface area contributed by atoms with Crippen molar-refractivity contribution in [1.29, 1.82) is 0 Å². The third kappa shape index (κ3) is 2.54. The maximum absolute atomic E-state index is 11.1. The average Bonchev–Trinajstić information content (AvgIpc) is 2.92. The Morgan fingerprint density at radius 2 is 1.67 bits per heavy atom. The van der Waals surface area contributed by atoms with Gasteiger partial charge in [-0.25, -0.2) is 4.79 Å². The number of ether oxygens (including phenoxy) is 1. The van der Waals surface area contributed by atoms with Crippen LogP contribution < -0.4 is 10.8 Å². The highest BCUT2D eigenvalue weighted by Crippen LogP contribution is 2.36. The Balaban J connectivity index is 1.75. The number of rotatable bonds is 2. The van der Waals surface area contributed by atoms with E-state index in [9.17, 15) is 4.79 Å². The fraction of sp³-hybridized carbons (Fsp3) is 0.533. The summed E-state index contributed by atoms with van der Waals surface area (Å²) in [6.07, 6.45) is -0.583. The van der Waals surface area contributed by atoms with Crippen molar-refractivity contribution in [3.63, 3.8) is 0 Å². The van der Waals surface area contributed by atoms with E-state index in [1.165, 1.54) is 0 Å². The van der Waals surface area contributed by atoms with Crippen molar-refractivity contribution in [2.24, 2.45) is 0 Å². The number of alkyl carbamates (subject to hydrolysis) is 1. The van der Waals surface area contributed by atoms with Crippen molar-refractivity contribution in [3.8, 4) is 0 Å². The molecule has 1 N–H and O–H groups in total. The summed E-state index contributed by atoms with van der Waals surface area (Å²) in [4.78, 5) is 11.1. The number of carbonyl (C=O) groups excluding carboxylic acids is 1. The van der Waals surface area contributed by atoms with Crippen LogP contribution in [0, 0.1) is 0 Å². The van der Waals surface area contributed by atoms with Crippen LogP contribution in [0.1, 0.15) is 39.4 Å². The second kappa shape index (κ2) is 4.75. The molecule has 3 rings (SSSR count). The van der Waals surface area contributed by atoms with Crippen LogP contribution in [-0.4, -0.2) is 31.0 Å². The molecule has 2 aliphatic rings. The molecule has 6 heteroatoms. The van der Waals surface area contributed by atoms with E-state index < -0.39 is 0 Å². The minimum Gasteiger partial charge on any atom is -0.439 e. The number of cyclic esters (lactones) is 1. The molecule has 0 spiro atoms. The molecule has 5 nitrogen and oxygen atoms in total. The van der Waals surface area contributed by atoms with Crippen LogP contribution in [0.2, 0.25) is 0 Å². The zero-order valence-corrected chi connectivity index (χ0v) is 12.8. The van der Waals surface area contributed by atoms with Crippen molar-refractivity contribution in [2.45, 2.75) is 45.0 Å². The molecule has 2 fully saturated rings. The van der Waals surface area contributed by atoms with Crippen LogP contribution in [0.3, 0.4) is 0 Å². The van der Waals surface area contributed by atoms with Gasteiger partial charge >= 0.3 is 13.2 Å². The van der Waals surface area contributed by atoms with Crippen molar-refractivity contribution in [2.75, 3.05) is 6.54 Å². The van der Waals surface area contributed by atoms with Crippen molar-refractivity contribution in [1.82, 2.24) is 5.32 Å². The van der Waals surface area contributed by atoms with Gasteiger partial charge in [0.05, 0.1) is 17.7 Å². The lowest BCUT2D eigenvalue weighted by molar-refractivity contribution is 0.00578. The number of hydrogen-bond acceptors (Lipinski definition) is 4. The van der Waals surface area contributed by atoms with Gasteiger partial charge in [0.2, 0.25) is 0 Å². The molecular formula is C15H20BNO4. The van der Waals surface area contributed by atoms with E-state index in [0.717, 1.165) is 11.0 Å². The van der Waals surface area contributed by atoms with Gasteiger partial charge < -0.3 is 19.4 Å². The Morgan fingerprint density at radius 1 is 1.10 bits per heavy atom. The molecule has 0 aromatic heterocycles. The van der Waals surface area contributed by atoms with E-state index in [4.69, 9.17) is 14.0 Å². The van der Waals surface area contributed by atoms with E-state index in [2.05, 4.69) is 5.32 Å². The summed E-state index contributed by atoms with van der Waals surface area (Å²) in [6.45, 7) is 8.64. The highest BCUT2D eigenvalue weighted by molar-refractivity contribution is 6.62. The molecular weight excluding hydrogens is 269 g/mol. The quantitative estimate of drug-likeness (QED) is 0.843. The Morgan fingerprint density at radius 3 is 2.14 bits per heavy atom. The number of amides is 1. The first-order valence-corrected chi connectivity index (χ1v) is 7.18. The van der Waals surface area contributed by atoms with E-state index in [1.807, 2.05) is 52.0 Å². The molecule has 1 aromatic carbocycles. The standard InChI is InChI=1S/C15H20BNO4/c1-14(2)15(3,4)21-16(20-14)11-7-5-10(6-8-11)12-9-17-13(18)19-12/h5-8,12H,9H2,1-4H3,(H,17,18)/t12-/m1/s1. The van der Waals surface area contributed by atoms with Crippen LogP contribution in [0.15, 0.2) is 24.3 Å². The summed E-state index contributed by atoms with van der Waals surface area (Å²) < 4.78 is 17.2. The summed E-state index contributed by atoms with van der Waals surface area (Å²) in [6, 6.07) is 7.82. The number of carbonyl (C=O) groups is 1. The monoisotopic (exact) mass is 289 g/mol. The molecule has 112 valence electrons. The Kier molecular flexibility index (Phi) is 3.26. The Hall–Kier alpha value is -1.53. The van der Waals surface area contributed by atoms with Gasteiger partial charge in [0, 0.05) is 0 Å². The molecule has 2 saturated heterocycles. The molecule has 0 bridgehead atoms. The summed E-state index contributed by atoms with van der Waals surface area (Å²) >= 11 is 0. The molecule has 0 aliphatic carbocycles. The smallest absolute Gasteiger partial charge is 0.439 e. The first-order chi connectivity index (χ1) is 9.78. The highest BCUT2D eigenvalue weighted by Gasteiger charge is 2.51. The van der Waals surface area contributed by atoms with Crippen LogP contribution in [0.25, 0.3) is 0 Å². The second-order valence-electron chi connectivity index (χ2n) is 6.53. The number of benzene rings is 1. The van der Waals surface area contributed by atoms with Gasteiger partial charge in [-0.3, -0.25) is 0 Å². The first-order valence-electron chi connectivity index (χ1n) is 7.18. The van der Waals surface area contributed by atoms with Crippen molar-refractivity contribution < 1.29 is 18.8 Å². The van der Waals surface area contributed by atoms with Crippen molar-refractivity contribution in [3.05, 3.63) is 29.8 Å². The molecule has 21 heavy (non-hydrogen) atoms. The second-order valence-corrected chi connectivity index (χ2v) is 6.53. The lowest BCUT2D eigenvalue weighted by Crippen LogP contribution is -2.41. The van der Waals surface area contributed by atoms with Crippen LogP contribution in [0.5, 0.6) is 0 Å². The Bertz CT molecular complexity index is 539. The maximum Gasteiger partial charge on any atom is 0.494 e. The maximum atomic E-state index is 11.1. The predicted octanol–water partition coefficient (Wildman–Crippen LogP) is 1.77. The van der Waals surface area contributed by atoms with Gasteiger partial charge in [0.1, 0.15) is 6.10 Å². The van der Waals surface area contributed by atoms with Gasteiger partial charge in [-0.15, -0.1) is 0 Å². The van der Waals surface area contributed by atoms with Crippen molar-refractivity contribution >= 4 is 18.7 Å². The van der Waals surface area contributed by atoms with Crippen LogP contribution >= 0.6 is 0 Å². The fourth-order valence-electron chi connectivity index (χ4n) is 2.42. The molecule has 1 amide bonds. The molecule has 2 aliphatic heterocycles. The molecule has 0 radical (unpaired) electrons. The van der Waals surface area contributed by atoms with Gasteiger partial charge in [0.25, 0.3) is 0 Å². The predicted molar refractivity (Wildman–Crippen MR) is 79.4 cm³/mol.